The predicted molar refractivity (Wildman–Crippen MR) is 63.6 cm³/mol. The molecule has 5 heteroatoms. The van der Waals surface area contributed by atoms with E-state index in [9.17, 15) is 13.6 Å². The van der Waals surface area contributed by atoms with E-state index in [4.69, 9.17) is 4.42 Å². The number of likely N-dealkylation sites (N-methyl/N-ethyl adjacent to an activating group) is 1. The van der Waals surface area contributed by atoms with E-state index < -0.39 is 29.0 Å². The quantitative estimate of drug-likeness (QED) is 0.852. The molecule has 0 amide bonds. The first-order chi connectivity index (χ1) is 8.56. The normalized spacial score (nSPS) is 12.9. The average molecular weight is 253 g/mol. The Labute approximate surface area is 103 Å². The molecular weight excluding hydrogens is 240 g/mol. The SMILES string of the molecule is CCN[C@@H](C)C(=O)c1c(F)cc2ccoc2c1F. The van der Waals surface area contributed by atoms with Gasteiger partial charge in [0, 0.05) is 5.39 Å². The molecule has 18 heavy (non-hydrogen) atoms. The van der Waals surface area contributed by atoms with Crippen LogP contribution < -0.4 is 5.32 Å². The second kappa shape index (κ2) is 4.86. The van der Waals surface area contributed by atoms with Crippen molar-refractivity contribution in [1.82, 2.24) is 5.32 Å². The monoisotopic (exact) mass is 253 g/mol. The van der Waals surface area contributed by atoms with Gasteiger partial charge in [-0.3, -0.25) is 4.79 Å². The standard InChI is InChI=1S/C13H13F2NO2/c1-3-16-7(2)12(17)10-9(14)6-8-4-5-18-13(8)11(10)15/h4-7,16H,3H2,1-2H3/t7-/m0/s1. The van der Waals surface area contributed by atoms with Crippen LogP contribution in [0, 0.1) is 11.6 Å². The van der Waals surface area contributed by atoms with Gasteiger partial charge in [-0.2, -0.15) is 0 Å². The topological polar surface area (TPSA) is 42.2 Å². The number of fused-ring (bicyclic) bond motifs is 1. The molecule has 0 saturated carbocycles. The number of carbonyl (C=O) groups excluding carboxylic acids is 1. The van der Waals surface area contributed by atoms with Crippen LogP contribution in [0.25, 0.3) is 11.0 Å². The van der Waals surface area contributed by atoms with E-state index >= 15 is 0 Å². The van der Waals surface area contributed by atoms with Gasteiger partial charge in [0.15, 0.2) is 17.2 Å². The van der Waals surface area contributed by atoms with Crippen molar-refractivity contribution < 1.29 is 18.0 Å². The zero-order valence-electron chi connectivity index (χ0n) is 10.1. The minimum Gasteiger partial charge on any atom is -0.461 e. The number of nitrogens with one attached hydrogen (secondary N) is 1. The molecule has 0 spiro atoms. The van der Waals surface area contributed by atoms with E-state index in [1.54, 1.807) is 6.92 Å². The van der Waals surface area contributed by atoms with Crippen molar-refractivity contribution in [3.05, 3.63) is 35.6 Å². The summed E-state index contributed by atoms with van der Waals surface area (Å²) >= 11 is 0. The van der Waals surface area contributed by atoms with Crippen LogP contribution >= 0.6 is 0 Å². The number of carbonyl (C=O) groups is 1. The Bertz CT molecular complexity index is 592. The van der Waals surface area contributed by atoms with Gasteiger partial charge in [-0.15, -0.1) is 0 Å². The first-order valence-electron chi connectivity index (χ1n) is 5.69. The molecule has 1 aromatic heterocycles. The molecule has 1 atom stereocenters. The third-order valence-electron chi connectivity index (χ3n) is 2.79. The van der Waals surface area contributed by atoms with Crippen molar-refractivity contribution in [2.45, 2.75) is 19.9 Å². The van der Waals surface area contributed by atoms with Gasteiger partial charge in [0.25, 0.3) is 0 Å². The molecule has 0 saturated heterocycles. The van der Waals surface area contributed by atoms with Crippen molar-refractivity contribution in [2.75, 3.05) is 6.54 Å². The summed E-state index contributed by atoms with van der Waals surface area (Å²) in [4.78, 5) is 12.0. The van der Waals surface area contributed by atoms with Gasteiger partial charge in [0.1, 0.15) is 5.82 Å². The number of hydrogen-bond donors (Lipinski definition) is 1. The third-order valence-corrected chi connectivity index (χ3v) is 2.79. The van der Waals surface area contributed by atoms with Crippen LogP contribution in [0.5, 0.6) is 0 Å². The number of ketones is 1. The summed E-state index contributed by atoms with van der Waals surface area (Å²) in [5.74, 6) is -2.42. The largest absolute Gasteiger partial charge is 0.461 e. The average Bonchev–Trinajstić information content (AvgIpc) is 2.77. The van der Waals surface area contributed by atoms with Crippen molar-refractivity contribution >= 4 is 16.8 Å². The number of benzene rings is 1. The van der Waals surface area contributed by atoms with Crippen LogP contribution in [0.3, 0.4) is 0 Å². The lowest BCUT2D eigenvalue weighted by Gasteiger charge is -2.12. The Morgan fingerprint density at radius 3 is 2.89 bits per heavy atom. The third kappa shape index (κ3) is 2.01. The fourth-order valence-electron chi connectivity index (χ4n) is 1.88. The van der Waals surface area contributed by atoms with Crippen molar-refractivity contribution in [1.29, 1.82) is 0 Å². The van der Waals surface area contributed by atoms with Gasteiger partial charge in [0.2, 0.25) is 0 Å². The van der Waals surface area contributed by atoms with E-state index in [1.165, 1.54) is 12.3 Å². The second-order valence-corrected chi connectivity index (χ2v) is 4.03. The zero-order valence-corrected chi connectivity index (χ0v) is 10.1. The van der Waals surface area contributed by atoms with Crippen LogP contribution in [-0.2, 0) is 0 Å². The highest BCUT2D eigenvalue weighted by atomic mass is 19.1. The lowest BCUT2D eigenvalue weighted by Crippen LogP contribution is -2.34. The molecule has 1 heterocycles. The molecular formula is C13H13F2NO2. The number of furan rings is 1. The van der Waals surface area contributed by atoms with E-state index in [0.29, 0.717) is 11.9 Å². The summed E-state index contributed by atoms with van der Waals surface area (Å²) < 4.78 is 32.7. The summed E-state index contributed by atoms with van der Waals surface area (Å²) in [5.41, 5.74) is -0.644. The summed E-state index contributed by atoms with van der Waals surface area (Å²) in [5, 5.41) is 3.13. The molecule has 0 aliphatic rings. The predicted octanol–water partition coefficient (Wildman–Crippen LogP) is 2.89. The van der Waals surface area contributed by atoms with Gasteiger partial charge in [-0.25, -0.2) is 8.78 Å². The van der Waals surface area contributed by atoms with Gasteiger partial charge in [-0.1, -0.05) is 6.92 Å². The Hall–Kier alpha value is -1.75. The maximum atomic E-state index is 14.0. The van der Waals surface area contributed by atoms with Crippen molar-refractivity contribution in [3.63, 3.8) is 0 Å². The lowest BCUT2D eigenvalue weighted by atomic mass is 10.0. The van der Waals surface area contributed by atoms with Gasteiger partial charge < -0.3 is 9.73 Å². The van der Waals surface area contributed by atoms with E-state index in [-0.39, 0.29) is 5.58 Å². The van der Waals surface area contributed by atoms with E-state index in [1.807, 2.05) is 6.92 Å². The first-order valence-corrected chi connectivity index (χ1v) is 5.69. The van der Waals surface area contributed by atoms with Gasteiger partial charge >= 0.3 is 0 Å². The Morgan fingerprint density at radius 1 is 1.50 bits per heavy atom. The van der Waals surface area contributed by atoms with Crippen LogP contribution in [0.2, 0.25) is 0 Å². The lowest BCUT2D eigenvalue weighted by molar-refractivity contribution is 0.0943. The number of halogens is 2. The van der Waals surface area contributed by atoms with Gasteiger partial charge in [-0.05, 0) is 25.6 Å². The number of rotatable bonds is 4. The molecule has 1 N–H and O–H groups in total. The fourth-order valence-corrected chi connectivity index (χ4v) is 1.88. The molecule has 0 aliphatic heterocycles. The molecule has 96 valence electrons. The Balaban J connectivity index is 2.53. The Kier molecular flexibility index (Phi) is 3.43. The summed E-state index contributed by atoms with van der Waals surface area (Å²) in [6, 6.07) is 1.91. The highest BCUT2D eigenvalue weighted by Gasteiger charge is 2.25. The minimum atomic E-state index is -0.940. The Morgan fingerprint density at radius 2 is 2.22 bits per heavy atom. The number of hydrogen-bond acceptors (Lipinski definition) is 3. The van der Waals surface area contributed by atoms with E-state index in [2.05, 4.69) is 5.32 Å². The van der Waals surface area contributed by atoms with Crippen LogP contribution in [0.15, 0.2) is 22.8 Å². The molecule has 1 aromatic carbocycles. The molecule has 0 aliphatic carbocycles. The summed E-state index contributed by atoms with van der Waals surface area (Å²) in [6.45, 7) is 3.92. The second-order valence-electron chi connectivity index (χ2n) is 4.03. The molecule has 0 fully saturated rings. The molecule has 0 bridgehead atoms. The van der Waals surface area contributed by atoms with Crippen molar-refractivity contribution in [2.24, 2.45) is 0 Å². The van der Waals surface area contributed by atoms with Crippen LogP contribution in [0.4, 0.5) is 8.78 Å². The highest BCUT2D eigenvalue weighted by Crippen LogP contribution is 2.25. The molecule has 2 rings (SSSR count). The number of Topliss-reactive ketones (excluding diaryl/α,β-unsaturated/α-hetero) is 1. The molecule has 3 nitrogen and oxygen atoms in total. The van der Waals surface area contributed by atoms with E-state index in [0.717, 1.165) is 6.07 Å². The summed E-state index contributed by atoms with van der Waals surface area (Å²) in [7, 11) is 0. The molecule has 2 aromatic rings. The first kappa shape index (κ1) is 12.7. The summed E-state index contributed by atoms with van der Waals surface area (Å²) in [6.07, 6.45) is 1.26. The molecule has 0 unspecified atom stereocenters. The van der Waals surface area contributed by atoms with Crippen LogP contribution in [0.1, 0.15) is 24.2 Å². The van der Waals surface area contributed by atoms with Gasteiger partial charge in [0.05, 0.1) is 17.9 Å². The zero-order chi connectivity index (χ0) is 13.3. The maximum absolute atomic E-state index is 14.0. The fraction of sp³-hybridized carbons (Fsp3) is 0.308. The van der Waals surface area contributed by atoms with Crippen molar-refractivity contribution in [3.8, 4) is 0 Å². The maximum Gasteiger partial charge on any atom is 0.185 e. The minimum absolute atomic E-state index is 0.0940. The smallest absolute Gasteiger partial charge is 0.185 e. The molecule has 0 radical (unpaired) electrons. The van der Waals surface area contributed by atoms with Crippen LogP contribution in [-0.4, -0.2) is 18.4 Å². The highest BCUT2D eigenvalue weighted by molar-refractivity contribution is 6.02.